The van der Waals surface area contributed by atoms with Gasteiger partial charge in [0.1, 0.15) is 0 Å². The average Bonchev–Trinajstić information content (AvgIpc) is 3.01. The molecule has 3 rings (SSSR count). The Morgan fingerprint density at radius 1 is 1.04 bits per heavy atom. The third-order valence-corrected chi connectivity index (χ3v) is 5.18. The quantitative estimate of drug-likeness (QED) is 0.853. The summed E-state index contributed by atoms with van der Waals surface area (Å²) in [4.78, 5) is 38.3. The van der Waals surface area contributed by atoms with Gasteiger partial charge < -0.3 is 15.5 Å². The maximum Gasteiger partial charge on any atom is 0.229 e. The molecule has 28 heavy (non-hydrogen) atoms. The lowest BCUT2D eigenvalue weighted by atomic mass is 10.1. The van der Waals surface area contributed by atoms with Crippen molar-refractivity contribution in [3.05, 3.63) is 53.1 Å². The van der Waals surface area contributed by atoms with E-state index in [1.165, 1.54) is 6.92 Å². The molecular formula is C22H25N3O3. The first-order valence-corrected chi connectivity index (χ1v) is 9.32. The first-order chi connectivity index (χ1) is 13.3. The Hall–Kier alpha value is -3.15. The normalized spacial score (nSPS) is 16.2. The number of hydrogen-bond donors (Lipinski definition) is 2. The summed E-state index contributed by atoms with van der Waals surface area (Å²) >= 11 is 0. The molecule has 0 radical (unpaired) electrons. The Morgan fingerprint density at radius 2 is 1.79 bits per heavy atom. The van der Waals surface area contributed by atoms with Crippen LogP contribution in [0.4, 0.5) is 17.1 Å². The van der Waals surface area contributed by atoms with Crippen LogP contribution >= 0.6 is 0 Å². The highest BCUT2D eigenvalue weighted by Gasteiger charge is 2.35. The fourth-order valence-electron chi connectivity index (χ4n) is 3.41. The monoisotopic (exact) mass is 379 g/mol. The zero-order valence-corrected chi connectivity index (χ0v) is 16.6. The van der Waals surface area contributed by atoms with Crippen molar-refractivity contribution in [2.45, 2.75) is 34.1 Å². The third kappa shape index (κ3) is 4.06. The second kappa shape index (κ2) is 7.84. The number of hydrogen-bond acceptors (Lipinski definition) is 3. The van der Waals surface area contributed by atoms with Crippen molar-refractivity contribution in [2.24, 2.45) is 5.92 Å². The van der Waals surface area contributed by atoms with Gasteiger partial charge in [0.05, 0.1) is 5.92 Å². The van der Waals surface area contributed by atoms with Crippen molar-refractivity contribution >= 4 is 34.8 Å². The highest BCUT2D eigenvalue weighted by molar-refractivity contribution is 6.04. The van der Waals surface area contributed by atoms with Crippen LogP contribution in [0.2, 0.25) is 0 Å². The summed E-state index contributed by atoms with van der Waals surface area (Å²) in [5.74, 6) is -0.828. The van der Waals surface area contributed by atoms with Crippen molar-refractivity contribution in [1.82, 2.24) is 0 Å². The number of benzene rings is 2. The summed E-state index contributed by atoms with van der Waals surface area (Å²) in [6.45, 7) is 7.68. The van der Waals surface area contributed by atoms with Crippen molar-refractivity contribution in [1.29, 1.82) is 0 Å². The van der Waals surface area contributed by atoms with Crippen LogP contribution in [-0.2, 0) is 14.4 Å². The summed E-state index contributed by atoms with van der Waals surface area (Å²) in [6, 6.07) is 11.2. The lowest BCUT2D eigenvalue weighted by Gasteiger charge is -2.20. The van der Waals surface area contributed by atoms with Crippen LogP contribution in [0.15, 0.2) is 36.4 Å². The number of rotatable bonds is 4. The largest absolute Gasteiger partial charge is 0.326 e. The molecule has 6 heteroatoms. The Kier molecular flexibility index (Phi) is 5.49. The summed E-state index contributed by atoms with van der Waals surface area (Å²) < 4.78 is 0. The second-order valence-electron chi connectivity index (χ2n) is 7.32. The SMILES string of the molecule is CC(=O)Nc1cc(NC(=O)C2CC(=O)N(c3cccc(C)c3C)C2)ccc1C. The van der Waals surface area contributed by atoms with E-state index in [4.69, 9.17) is 0 Å². The van der Waals surface area contributed by atoms with E-state index >= 15 is 0 Å². The molecule has 1 fully saturated rings. The molecule has 1 saturated heterocycles. The molecule has 2 aromatic carbocycles. The molecule has 1 unspecified atom stereocenters. The van der Waals surface area contributed by atoms with Crippen LogP contribution in [0, 0.1) is 26.7 Å². The minimum Gasteiger partial charge on any atom is -0.326 e. The molecule has 0 saturated carbocycles. The van der Waals surface area contributed by atoms with E-state index in [-0.39, 0.29) is 24.1 Å². The van der Waals surface area contributed by atoms with E-state index in [0.717, 1.165) is 22.4 Å². The van der Waals surface area contributed by atoms with Gasteiger partial charge in [0.2, 0.25) is 17.7 Å². The molecule has 0 aromatic heterocycles. The second-order valence-corrected chi connectivity index (χ2v) is 7.32. The Morgan fingerprint density at radius 3 is 2.50 bits per heavy atom. The van der Waals surface area contributed by atoms with Crippen molar-refractivity contribution in [3.8, 4) is 0 Å². The molecular weight excluding hydrogens is 354 g/mol. The number of nitrogens with zero attached hydrogens (tertiary/aromatic N) is 1. The summed E-state index contributed by atoms with van der Waals surface area (Å²) in [6.07, 6.45) is 0.184. The third-order valence-electron chi connectivity index (χ3n) is 5.18. The van der Waals surface area contributed by atoms with E-state index in [9.17, 15) is 14.4 Å². The van der Waals surface area contributed by atoms with Gasteiger partial charge >= 0.3 is 0 Å². The van der Waals surface area contributed by atoms with Crippen molar-refractivity contribution in [2.75, 3.05) is 22.1 Å². The van der Waals surface area contributed by atoms with E-state index in [1.54, 1.807) is 17.0 Å². The van der Waals surface area contributed by atoms with Gasteiger partial charge in [-0.2, -0.15) is 0 Å². The van der Waals surface area contributed by atoms with E-state index in [1.807, 2.05) is 45.0 Å². The number of carbonyl (C=O) groups excluding carboxylic acids is 3. The Balaban J connectivity index is 1.73. The van der Waals surface area contributed by atoms with Crippen LogP contribution in [0.3, 0.4) is 0 Å². The molecule has 0 spiro atoms. The Bertz CT molecular complexity index is 952. The minimum absolute atomic E-state index is 0.0447. The van der Waals surface area contributed by atoms with Gasteiger partial charge in [-0.1, -0.05) is 18.2 Å². The number of carbonyl (C=O) groups is 3. The molecule has 6 nitrogen and oxygen atoms in total. The lowest BCUT2D eigenvalue weighted by molar-refractivity contribution is -0.122. The molecule has 0 bridgehead atoms. The lowest BCUT2D eigenvalue weighted by Crippen LogP contribution is -2.28. The zero-order valence-electron chi connectivity index (χ0n) is 16.6. The number of aryl methyl sites for hydroxylation is 2. The van der Waals surface area contributed by atoms with Gasteiger partial charge in [-0.3, -0.25) is 14.4 Å². The van der Waals surface area contributed by atoms with Gasteiger partial charge in [0.15, 0.2) is 0 Å². The Labute approximate surface area is 164 Å². The van der Waals surface area contributed by atoms with Crippen LogP contribution in [-0.4, -0.2) is 24.3 Å². The molecule has 0 aliphatic carbocycles. The smallest absolute Gasteiger partial charge is 0.229 e. The molecule has 3 amide bonds. The van der Waals surface area contributed by atoms with Gasteiger partial charge in [0.25, 0.3) is 0 Å². The van der Waals surface area contributed by atoms with Crippen LogP contribution in [0.25, 0.3) is 0 Å². The topological polar surface area (TPSA) is 78.5 Å². The molecule has 2 aromatic rings. The van der Waals surface area contributed by atoms with Gasteiger partial charge in [-0.05, 0) is 55.7 Å². The number of anilines is 3. The molecule has 1 aliphatic rings. The molecule has 1 atom stereocenters. The van der Waals surface area contributed by atoms with Crippen molar-refractivity contribution in [3.63, 3.8) is 0 Å². The van der Waals surface area contributed by atoms with Crippen LogP contribution in [0.1, 0.15) is 30.0 Å². The van der Waals surface area contributed by atoms with Crippen LogP contribution < -0.4 is 15.5 Å². The maximum absolute atomic E-state index is 12.7. The molecule has 146 valence electrons. The average molecular weight is 379 g/mol. The molecule has 2 N–H and O–H groups in total. The van der Waals surface area contributed by atoms with E-state index < -0.39 is 5.92 Å². The van der Waals surface area contributed by atoms with Crippen LogP contribution in [0.5, 0.6) is 0 Å². The van der Waals surface area contributed by atoms with Gasteiger partial charge in [-0.15, -0.1) is 0 Å². The predicted molar refractivity (Wildman–Crippen MR) is 110 cm³/mol. The first kappa shape index (κ1) is 19.6. The fraction of sp³-hybridized carbons (Fsp3) is 0.318. The minimum atomic E-state index is -0.419. The van der Waals surface area contributed by atoms with Crippen molar-refractivity contribution < 1.29 is 14.4 Å². The fourth-order valence-corrected chi connectivity index (χ4v) is 3.41. The van der Waals surface area contributed by atoms with Gasteiger partial charge in [0, 0.05) is 37.0 Å². The molecule has 1 heterocycles. The highest BCUT2D eigenvalue weighted by atomic mass is 16.2. The first-order valence-electron chi connectivity index (χ1n) is 9.32. The summed E-state index contributed by atoms with van der Waals surface area (Å²) in [7, 11) is 0. The zero-order chi connectivity index (χ0) is 20.4. The maximum atomic E-state index is 12.7. The standard InChI is InChI=1S/C22H25N3O3/c1-13-6-5-7-20(15(13)3)25-12-17(10-21(25)27)22(28)24-18-9-8-14(2)19(11-18)23-16(4)26/h5-9,11,17H,10,12H2,1-4H3,(H,23,26)(H,24,28). The van der Waals surface area contributed by atoms with E-state index in [2.05, 4.69) is 10.6 Å². The number of amides is 3. The summed E-state index contributed by atoms with van der Waals surface area (Å²) in [5, 5.41) is 5.62. The predicted octanol–water partition coefficient (Wildman–Crippen LogP) is 3.56. The molecule has 1 aliphatic heterocycles. The highest BCUT2D eigenvalue weighted by Crippen LogP contribution is 2.30. The summed E-state index contributed by atoms with van der Waals surface area (Å²) in [5.41, 5.74) is 5.19. The number of nitrogens with one attached hydrogen (secondary N) is 2. The van der Waals surface area contributed by atoms with E-state index in [0.29, 0.717) is 17.9 Å². The van der Waals surface area contributed by atoms with Gasteiger partial charge in [-0.25, -0.2) is 0 Å².